The first-order valence-electron chi connectivity index (χ1n) is 8.02. The van der Waals surface area contributed by atoms with Crippen LogP contribution < -0.4 is 0 Å². The summed E-state index contributed by atoms with van der Waals surface area (Å²) in [5.41, 5.74) is 3.62. The van der Waals surface area contributed by atoms with Crippen LogP contribution in [0.25, 0.3) is 0 Å². The van der Waals surface area contributed by atoms with E-state index < -0.39 is 0 Å². The molecule has 1 atom stereocenters. The molecule has 1 fully saturated rings. The number of likely N-dealkylation sites (tertiary alicyclic amines) is 1. The summed E-state index contributed by atoms with van der Waals surface area (Å²) in [6.07, 6.45) is 3.90. The first-order chi connectivity index (χ1) is 10.8. The van der Waals surface area contributed by atoms with Crippen LogP contribution in [0.2, 0.25) is 0 Å². The Labute approximate surface area is 132 Å². The molecule has 1 aromatic rings. The summed E-state index contributed by atoms with van der Waals surface area (Å²) in [5, 5.41) is 0. The molecule has 1 heterocycles. The molecule has 3 heteroatoms. The molecule has 2 aliphatic rings. The lowest BCUT2D eigenvalue weighted by molar-refractivity contribution is 0.103. The molecule has 1 aliphatic carbocycles. The number of allylic oxidation sites excluding steroid dienone is 1. The summed E-state index contributed by atoms with van der Waals surface area (Å²) >= 11 is 0. The molecule has 114 valence electrons. The number of carbonyl (C=O) groups is 1. The molecule has 1 unspecified atom stereocenters. The quantitative estimate of drug-likeness (QED) is 0.738. The van der Waals surface area contributed by atoms with Gasteiger partial charge in [-0.25, -0.2) is 4.79 Å². The molecule has 0 radical (unpaired) electrons. The average Bonchev–Trinajstić information content (AvgIpc) is 2.99. The molecule has 22 heavy (non-hydrogen) atoms. The molecule has 1 amide bonds. The Morgan fingerprint density at radius 1 is 1.27 bits per heavy atom. The maximum absolute atomic E-state index is 12.0. The molecule has 1 aliphatic heterocycles. The number of ether oxygens (including phenoxy) is 1. The van der Waals surface area contributed by atoms with E-state index in [2.05, 4.69) is 11.8 Å². The van der Waals surface area contributed by atoms with Gasteiger partial charge in [-0.1, -0.05) is 30.0 Å². The van der Waals surface area contributed by atoms with Crippen LogP contribution in [0.1, 0.15) is 38.2 Å². The highest BCUT2D eigenvalue weighted by molar-refractivity contribution is 5.70. The highest BCUT2D eigenvalue weighted by Gasteiger charge is 2.36. The van der Waals surface area contributed by atoms with Crippen LogP contribution in [0.4, 0.5) is 4.79 Å². The molecule has 0 saturated carbocycles. The zero-order chi connectivity index (χ0) is 15.4. The zero-order valence-electron chi connectivity index (χ0n) is 13.0. The predicted octanol–water partition coefficient (Wildman–Crippen LogP) is 3.75. The summed E-state index contributed by atoms with van der Waals surface area (Å²) in [6.45, 7) is 3.04. The van der Waals surface area contributed by atoms with Gasteiger partial charge in [0.15, 0.2) is 0 Å². The highest BCUT2D eigenvalue weighted by Crippen LogP contribution is 2.36. The third-order valence-corrected chi connectivity index (χ3v) is 4.33. The van der Waals surface area contributed by atoms with E-state index in [0.717, 1.165) is 37.8 Å². The molecule has 0 aromatic heterocycles. The third kappa shape index (κ3) is 3.01. The number of amides is 1. The Hall–Kier alpha value is -2.21. The maximum Gasteiger partial charge on any atom is 0.410 e. The van der Waals surface area contributed by atoms with Gasteiger partial charge in [-0.3, -0.25) is 0 Å². The maximum atomic E-state index is 12.0. The van der Waals surface area contributed by atoms with Crippen molar-refractivity contribution >= 4 is 6.09 Å². The van der Waals surface area contributed by atoms with Crippen molar-refractivity contribution in [2.24, 2.45) is 0 Å². The van der Waals surface area contributed by atoms with Gasteiger partial charge in [0.1, 0.15) is 0 Å². The standard InChI is InChI=1S/C19H21NO2/c1-2-22-19(21)20-14-13-17-16(9-6-10-18(17)20)12-11-15-7-4-3-5-8-15/h3-5,7-8,18H,2,6,9-10,13-14H2,1H3. The number of hydrogen-bond donors (Lipinski definition) is 0. The lowest BCUT2D eigenvalue weighted by atomic mass is 9.88. The van der Waals surface area contributed by atoms with Gasteiger partial charge in [0.2, 0.25) is 0 Å². The normalized spacial score (nSPS) is 20.2. The molecule has 0 bridgehead atoms. The van der Waals surface area contributed by atoms with E-state index in [0.29, 0.717) is 6.61 Å². The molecule has 0 spiro atoms. The number of rotatable bonds is 1. The molecular weight excluding hydrogens is 274 g/mol. The summed E-state index contributed by atoms with van der Waals surface area (Å²) in [4.78, 5) is 13.9. The first kappa shape index (κ1) is 14.7. The molecular formula is C19H21NO2. The number of hydrogen-bond acceptors (Lipinski definition) is 2. The number of nitrogens with zero attached hydrogens (tertiary/aromatic N) is 1. The molecule has 3 nitrogen and oxygen atoms in total. The summed E-state index contributed by atoms with van der Waals surface area (Å²) < 4.78 is 5.17. The van der Waals surface area contributed by atoms with Gasteiger partial charge in [0.25, 0.3) is 0 Å². The first-order valence-corrected chi connectivity index (χ1v) is 8.02. The molecule has 0 N–H and O–H groups in total. The monoisotopic (exact) mass is 295 g/mol. The van der Waals surface area contributed by atoms with Crippen molar-refractivity contribution in [3.8, 4) is 11.8 Å². The van der Waals surface area contributed by atoms with Crippen molar-refractivity contribution in [1.29, 1.82) is 0 Å². The van der Waals surface area contributed by atoms with Crippen LogP contribution in [0.5, 0.6) is 0 Å². The van der Waals surface area contributed by atoms with Crippen LogP contribution in [-0.4, -0.2) is 30.2 Å². The van der Waals surface area contributed by atoms with Crippen molar-refractivity contribution in [3.63, 3.8) is 0 Å². The van der Waals surface area contributed by atoms with Crippen molar-refractivity contribution < 1.29 is 9.53 Å². The van der Waals surface area contributed by atoms with Crippen LogP contribution in [0, 0.1) is 11.8 Å². The largest absolute Gasteiger partial charge is 0.450 e. The average molecular weight is 295 g/mol. The van der Waals surface area contributed by atoms with Gasteiger partial charge in [-0.05, 0) is 50.3 Å². The van der Waals surface area contributed by atoms with E-state index in [9.17, 15) is 4.79 Å². The SMILES string of the molecule is CCOC(=O)N1CCC2=C(C#Cc3ccccc3)CCCC21. The van der Waals surface area contributed by atoms with Gasteiger partial charge >= 0.3 is 6.09 Å². The minimum atomic E-state index is -0.181. The van der Waals surface area contributed by atoms with E-state index in [1.54, 1.807) is 0 Å². The van der Waals surface area contributed by atoms with Crippen LogP contribution in [0.3, 0.4) is 0 Å². The second-order valence-electron chi connectivity index (χ2n) is 5.67. The number of carbonyl (C=O) groups excluding carboxylic acids is 1. The van der Waals surface area contributed by atoms with Gasteiger partial charge in [0, 0.05) is 17.7 Å². The smallest absolute Gasteiger partial charge is 0.410 e. The van der Waals surface area contributed by atoms with E-state index in [1.807, 2.05) is 42.2 Å². The summed E-state index contributed by atoms with van der Waals surface area (Å²) in [5.74, 6) is 6.61. The minimum Gasteiger partial charge on any atom is -0.450 e. The van der Waals surface area contributed by atoms with E-state index in [-0.39, 0.29) is 12.1 Å². The van der Waals surface area contributed by atoms with Gasteiger partial charge in [0.05, 0.1) is 12.6 Å². The molecule has 1 aromatic carbocycles. The fourth-order valence-electron chi connectivity index (χ4n) is 3.30. The van der Waals surface area contributed by atoms with Crippen molar-refractivity contribution in [3.05, 3.63) is 47.0 Å². The van der Waals surface area contributed by atoms with Crippen LogP contribution in [-0.2, 0) is 4.74 Å². The van der Waals surface area contributed by atoms with Crippen LogP contribution >= 0.6 is 0 Å². The Kier molecular flexibility index (Phi) is 4.48. The van der Waals surface area contributed by atoms with Gasteiger partial charge in [-0.15, -0.1) is 0 Å². The van der Waals surface area contributed by atoms with Crippen molar-refractivity contribution in [2.75, 3.05) is 13.2 Å². The lowest BCUT2D eigenvalue weighted by Crippen LogP contribution is -2.37. The van der Waals surface area contributed by atoms with E-state index in [4.69, 9.17) is 4.74 Å². The lowest BCUT2D eigenvalue weighted by Gasteiger charge is -2.28. The molecule has 3 rings (SSSR count). The second-order valence-corrected chi connectivity index (χ2v) is 5.67. The topological polar surface area (TPSA) is 29.5 Å². The second kappa shape index (κ2) is 6.70. The highest BCUT2D eigenvalue weighted by atomic mass is 16.6. The summed E-state index contributed by atoms with van der Waals surface area (Å²) in [7, 11) is 0. The van der Waals surface area contributed by atoms with Gasteiger partial charge in [-0.2, -0.15) is 0 Å². The molecule has 1 saturated heterocycles. The fraction of sp³-hybridized carbons (Fsp3) is 0.421. The Morgan fingerprint density at radius 3 is 2.86 bits per heavy atom. The zero-order valence-corrected chi connectivity index (χ0v) is 13.0. The van der Waals surface area contributed by atoms with E-state index >= 15 is 0 Å². The van der Waals surface area contributed by atoms with Crippen molar-refractivity contribution in [2.45, 2.75) is 38.6 Å². The fourth-order valence-corrected chi connectivity index (χ4v) is 3.30. The number of fused-ring (bicyclic) bond motifs is 1. The minimum absolute atomic E-state index is 0.181. The van der Waals surface area contributed by atoms with Crippen molar-refractivity contribution in [1.82, 2.24) is 4.90 Å². The van der Waals surface area contributed by atoms with E-state index in [1.165, 1.54) is 11.1 Å². The van der Waals surface area contributed by atoms with Gasteiger partial charge < -0.3 is 9.64 Å². The van der Waals surface area contributed by atoms with Crippen LogP contribution in [0.15, 0.2) is 41.5 Å². The third-order valence-electron chi connectivity index (χ3n) is 4.33. The summed E-state index contributed by atoms with van der Waals surface area (Å²) in [6, 6.07) is 10.3. The predicted molar refractivity (Wildman–Crippen MR) is 86.3 cm³/mol. The Balaban J connectivity index is 1.82. The Morgan fingerprint density at radius 2 is 2.09 bits per heavy atom. The Bertz CT molecular complexity index is 636. The number of benzene rings is 1.